The van der Waals surface area contributed by atoms with Gasteiger partial charge in [0.15, 0.2) is 6.10 Å². The number of hydrogen-bond donors (Lipinski definition) is 1. The summed E-state index contributed by atoms with van der Waals surface area (Å²) in [6.07, 6.45) is -1.07. The topological polar surface area (TPSA) is 59.2 Å². The summed E-state index contributed by atoms with van der Waals surface area (Å²) < 4.78 is 18.0. The van der Waals surface area contributed by atoms with Crippen molar-refractivity contribution in [2.24, 2.45) is 0 Å². The van der Waals surface area contributed by atoms with Gasteiger partial charge in [-0.25, -0.2) is 4.39 Å². The second-order valence-corrected chi connectivity index (χ2v) is 4.78. The molecule has 21 heavy (non-hydrogen) atoms. The minimum Gasteiger partial charge on any atom is -0.378 e. The van der Waals surface area contributed by atoms with Gasteiger partial charge in [-0.2, -0.15) is 4.98 Å². The summed E-state index contributed by atoms with van der Waals surface area (Å²) in [6, 6.07) is 13.2. The van der Waals surface area contributed by atoms with Crippen LogP contribution in [0.5, 0.6) is 0 Å². The molecular formula is C16H13FN2O2. The number of aromatic nitrogens is 2. The van der Waals surface area contributed by atoms with E-state index in [0.29, 0.717) is 11.4 Å². The summed E-state index contributed by atoms with van der Waals surface area (Å²) in [6.45, 7) is 1.99. The normalized spacial score (nSPS) is 12.3. The third kappa shape index (κ3) is 2.83. The van der Waals surface area contributed by atoms with Crippen molar-refractivity contribution < 1.29 is 14.0 Å². The lowest BCUT2D eigenvalue weighted by Crippen LogP contribution is -2.00. The molecule has 0 bridgehead atoms. The molecule has 1 aromatic heterocycles. The average Bonchev–Trinajstić information content (AvgIpc) is 2.98. The Balaban J connectivity index is 1.87. The molecule has 0 spiro atoms. The van der Waals surface area contributed by atoms with Gasteiger partial charge in [0.2, 0.25) is 5.82 Å². The van der Waals surface area contributed by atoms with Crippen LogP contribution in [0.3, 0.4) is 0 Å². The van der Waals surface area contributed by atoms with Gasteiger partial charge in [0.25, 0.3) is 5.89 Å². The number of aliphatic hydroxyl groups excluding tert-OH is 1. The van der Waals surface area contributed by atoms with Crippen LogP contribution < -0.4 is 0 Å². The fraction of sp³-hybridized carbons (Fsp3) is 0.125. The average molecular weight is 284 g/mol. The molecule has 0 amide bonds. The molecule has 5 heteroatoms. The molecule has 0 fully saturated rings. The van der Waals surface area contributed by atoms with Crippen LogP contribution in [0.25, 0.3) is 11.4 Å². The van der Waals surface area contributed by atoms with Gasteiger partial charge < -0.3 is 9.63 Å². The Morgan fingerprint density at radius 1 is 1.05 bits per heavy atom. The maximum Gasteiger partial charge on any atom is 0.260 e. The van der Waals surface area contributed by atoms with Crippen molar-refractivity contribution in [1.29, 1.82) is 0 Å². The number of nitrogens with zero attached hydrogens (tertiary/aromatic N) is 2. The maximum absolute atomic E-state index is 12.9. The lowest BCUT2D eigenvalue weighted by atomic mass is 10.1. The molecule has 0 aliphatic carbocycles. The highest BCUT2D eigenvalue weighted by Crippen LogP contribution is 2.23. The molecule has 0 aliphatic rings. The first-order valence-electron chi connectivity index (χ1n) is 6.47. The Bertz CT molecular complexity index is 736. The van der Waals surface area contributed by atoms with Gasteiger partial charge in [0.1, 0.15) is 5.82 Å². The van der Waals surface area contributed by atoms with E-state index in [-0.39, 0.29) is 11.7 Å². The number of aliphatic hydroxyl groups is 1. The quantitative estimate of drug-likeness (QED) is 0.802. The summed E-state index contributed by atoms with van der Waals surface area (Å²) in [5.41, 5.74) is 2.44. The zero-order valence-electron chi connectivity index (χ0n) is 11.3. The molecule has 106 valence electrons. The fourth-order valence-corrected chi connectivity index (χ4v) is 1.95. The molecule has 1 N–H and O–H groups in total. The SMILES string of the molecule is Cc1ccc(-c2noc(C(O)c3ccc(F)cc3)n2)cc1. The van der Waals surface area contributed by atoms with Gasteiger partial charge in [0.05, 0.1) is 0 Å². The predicted octanol–water partition coefficient (Wildman–Crippen LogP) is 3.27. The summed E-state index contributed by atoms with van der Waals surface area (Å²) in [7, 11) is 0. The molecule has 4 nitrogen and oxygen atoms in total. The van der Waals surface area contributed by atoms with Crippen LogP contribution in [0.4, 0.5) is 4.39 Å². The number of benzene rings is 2. The zero-order valence-corrected chi connectivity index (χ0v) is 11.3. The van der Waals surface area contributed by atoms with Crippen LogP contribution in [0.2, 0.25) is 0 Å². The van der Waals surface area contributed by atoms with E-state index in [1.54, 1.807) is 0 Å². The first-order chi connectivity index (χ1) is 10.1. The van der Waals surface area contributed by atoms with Crippen LogP contribution in [0, 0.1) is 12.7 Å². The van der Waals surface area contributed by atoms with Crippen molar-refractivity contribution in [3.8, 4) is 11.4 Å². The molecule has 0 radical (unpaired) electrons. The highest BCUT2D eigenvalue weighted by molar-refractivity contribution is 5.54. The van der Waals surface area contributed by atoms with Crippen molar-refractivity contribution in [1.82, 2.24) is 10.1 Å². The van der Waals surface area contributed by atoms with E-state index in [1.165, 1.54) is 24.3 Å². The van der Waals surface area contributed by atoms with Crippen molar-refractivity contribution >= 4 is 0 Å². The molecule has 0 saturated carbocycles. The zero-order chi connectivity index (χ0) is 14.8. The van der Waals surface area contributed by atoms with Crippen molar-refractivity contribution in [3.05, 3.63) is 71.4 Å². The highest BCUT2D eigenvalue weighted by Gasteiger charge is 2.18. The van der Waals surface area contributed by atoms with Gasteiger partial charge in [0, 0.05) is 5.56 Å². The standard InChI is InChI=1S/C16H13FN2O2/c1-10-2-4-12(5-3-10)15-18-16(21-19-15)14(20)11-6-8-13(17)9-7-11/h2-9,14,20H,1H3. The Kier molecular flexibility index (Phi) is 3.50. The van der Waals surface area contributed by atoms with Gasteiger partial charge in [-0.15, -0.1) is 0 Å². The number of rotatable bonds is 3. The second-order valence-electron chi connectivity index (χ2n) is 4.78. The van der Waals surface area contributed by atoms with Crippen molar-refractivity contribution in [2.45, 2.75) is 13.0 Å². The maximum atomic E-state index is 12.9. The predicted molar refractivity (Wildman–Crippen MR) is 74.9 cm³/mol. The molecule has 3 aromatic rings. The van der Waals surface area contributed by atoms with Crippen molar-refractivity contribution in [2.75, 3.05) is 0 Å². The first-order valence-corrected chi connectivity index (χ1v) is 6.47. The Morgan fingerprint density at radius 2 is 1.71 bits per heavy atom. The number of halogens is 1. The van der Waals surface area contributed by atoms with Crippen LogP contribution in [-0.2, 0) is 0 Å². The summed E-state index contributed by atoms with van der Waals surface area (Å²) in [5.74, 6) is 0.125. The summed E-state index contributed by atoms with van der Waals surface area (Å²) >= 11 is 0. The summed E-state index contributed by atoms with van der Waals surface area (Å²) in [5, 5.41) is 14.0. The molecular weight excluding hydrogens is 271 g/mol. The van der Waals surface area contributed by atoms with E-state index in [2.05, 4.69) is 10.1 Å². The van der Waals surface area contributed by atoms with Gasteiger partial charge >= 0.3 is 0 Å². The lowest BCUT2D eigenvalue weighted by molar-refractivity contribution is 0.170. The van der Waals surface area contributed by atoms with Gasteiger partial charge in [-0.3, -0.25) is 0 Å². The number of hydrogen-bond acceptors (Lipinski definition) is 4. The molecule has 1 unspecified atom stereocenters. The molecule has 2 aromatic carbocycles. The molecule has 3 rings (SSSR count). The van der Waals surface area contributed by atoms with Crippen molar-refractivity contribution in [3.63, 3.8) is 0 Å². The first kappa shape index (κ1) is 13.5. The van der Waals surface area contributed by atoms with Gasteiger partial charge in [-0.1, -0.05) is 47.1 Å². The van der Waals surface area contributed by atoms with Crippen LogP contribution >= 0.6 is 0 Å². The van der Waals surface area contributed by atoms with E-state index < -0.39 is 6.10 Å². The lowest BCUT2D eigenvalue weighted by Gasteiger charge is -2.05. The third-order valence-electron chi connectivity index (χ3n) is 3.17. The van der Waals surface area contributed by atoms with E-state index in [0.717, 1.165) is 11.1 Å². The molecule has 1 heterocycles. The largest absolute Gasteiger partial charge is 0.378 e. The third-order valence-corrected chi connectivity index (χ3v) is 3.17. The fourth-order valence-electron chi connectivity index (χ4n) is 1.95. The van der Waals surface area contributed by atoms with Crippen LogP contribution in [0.15, 0.2) is 53.1 Å². The van der Waals surface area contributed by atoms with Crippen LogP contribution in [0.1, 0.15) is 23.1 Å². The Morgan fingerprint density at radius 3 is 2.38 bits per heavy atom. The second kappa shape index (κ2) is 5.46. The molecule has 0 aliphatic heterocycles. The van der Waals surface area contributed by atoms with E-state index in [4.69, 9.17) is 4.52 Å². The molecule has 1 atom stereocenters. The Labute approximate surface area is 120 Å². The van der Waals surface area contributed by atoms with Gasteiger partial charge in [-0.05, 0) is 24.6 Å². The Hall–Kier alpha value is -2.53. The monoisotopic (exact) mass is 284 g/mol. The smallest absolute Gasteiger partial charge is 0.260 e. The van der Waals surface area contributed by atoms with Crippen LogP contribution in [-0.4, -0.2) is 15.2 Å². The minimum atomic E-state index is -1.07. The van der Waals surface area contributed by atoms with E-state index in [9.17, 15) is 9.50 Å². The summed E-state index contributed by atoms with van der Waals surface area (Å²) in [4.78, 5) is 4.19. The minimum absolute atomic E-state index is 0.0807. The van der Waals surface area contributed by atoms with E-state index in [1.807, 2.05) is 31.2 Å². The van der Waals surface area contributed by atoms with E-state index >= 15 is 0 Å². The highest BCUT2D eigenvalue weighted by atomic mass is 19.1. The number of aryl methyl sites for hydroxylation is 1. The molecule has 0 saturated heterocycles.